The van der Waals surface area contributed by atoms with Crippen molar-refractivity contribution in [2.75, 3.05) is 13.7 Å². The maximum atomic E-state index is 14.5. The van der Waals surface area contributed by atoms with Gasteiger partial charge in [0.2, 0.25) is 0 Å². The monoisotopic (exact) mass is 739 g/mol. The number of aliphatic imine (C=N–C) groups is 1. The van der Waals surface area contributed by atoms with Crippen molar-refractivity contribution in [2.24, 2.45) is 16.5 Å². The van der Waals surface area contributed by atoms with Crippen LogP contribution in [-0.4, -0.2) is 47.3 Å². The Morgan fingerprint density at radius 3 is 2.41 bits per heavy atom. The van der Waals surface area contributed by atoms with E-state index in [0.29, 0.717) is 44.1 Å². The Balaban J connectivity index is 1.72. The Morgan fingerprint density at radius 2 is 1.76 bits per heavy atom. The van der Waals surface area contributed by atoms with Gasteiger partial charge in [0.15, 0.2) is 22.7 Å². The highest BCUT2D eigenvalue weighted by atomic mass is 35.5. The summed E-state index contributed by atoms with van der Waals surface area (Å²) in [4.78, 5) is 32.8. The zero-order valence-corrected chi connectivity index (χ0v) is 28.7. The maximum absolute atomic E-state index is 14.5. The topological polar surface area (TPSA) is 135 Å². The number of alkyl halides is 3. The molecule has 260 valence electrons. The normalized spacial score (nSPS) is 11.7. The van der Waals surface area contributed by atoms with Gasteiger partial charge in [-0.2, -0.15) is 13.2 Å². The molecule has 0 atom stereocenters. The highest BCUT2D eigenvalue weighted by Gasteiger charge is 2.43. The lowest BCUT2D eigenvalue weighted by atomic mass is 9.81. The Kier molecular flexibility index (Phi) is 11.9. The number of nitrogens with two attached hydrogens (primary N) is 2. The lowest BCUT2D eigenvalue weighted by Crippen LogP contribution is -2.28. The smallest absolute Gasteiger partial charge is 0.491 e. The molecule has 1 aromatic heterocycles. The first-order valence-electron chi connectivity index (χ1n) is 14.5. The van der Waals surface area contributed by atoms with Crippen molar-refractivity contribution in [2.45, 2.75) is 49.2 Å². The van der Waals surface area contributed by atoms with Crippen molar-refractivity contribution in [1.29, 1.82) is 0 Å². The van der Waals surface area contributed by atoms with Crippen molar-refractivity contribution in [3.8, 4) is 11.4 Å². The first-order valence-corrected chi connectivity index (χ1v) is 16.3. The van der Waals surface area contributed by atoms with Crippen LogP contribution in [0.4, 0.5) is 17.6 Å². The van der Waals surface area contributed by atoms with E-state index in [1.807, 2.05) is 24.5 Å². The minimum atomic E-state index is -5.36. The van der Waals surface area contributed by atoms with Crippen LogP contribution < -0.4 is 16.2 Å². The highest BCUT2D eigenvalue weighted by molar-refractivity contribution is 7.98. The SMILES string of the molecule is COc1cc(-n2c(C(C)(C)c3ccc(Cl)c(Cl)c3)cnc2SCc2ccc(CCCN=C(N)N)c(C(=O)OC(=O)C(F)(F)F)c2)ccc1F. The molecule has 0 saturated carbocycles. The Hall–Kier alpha value is -4.27. The zero-order valence-electron chi connectivity index (χ0n) is 26.4. The third-order valence-corrected chi connectivity index (χ3v) is 9.24. The van der Waals surface area contributed by atoms with Gasteiger partial charge in [-0.05, 0) is 59.9 Å². The predicted octanol–water partition coefficient (Wildman–Crippen LogP) is 7.40. The quantitative estimate of drug-likeness (QED) is 0.0292. The molecule has 49 heavy (non-hydrogen) atoms. The van der Waals surface area contributed by atoms with Gasteiger partial charge in [-0.1, -0.05) is 67.0 Å². The molecule has 9 nitrogen and oxygen atoms in total. The number of imidazole rings is 1. The van der Waals surface area contributed by atoms with E-state index >= 15 is 0 Å². The molecule has 0 amide bonds. The van der Waals surface area contributed by atoms with Gasteiger partial charge in [0.05, 0.1) is 40.3 Å². The van der Waals surface area contributed by atoms with Crippen LogP contribution in [0.5, 0.6) is 5.75 Å². The Bertz CT molecular complexity index is 1900. The van der Waals surface area contributed by atoms with Crippen LogP contribution in [0.2, 0.25) is 10.0 Å². The summed E-state index contributed by atoms with van der Waals surface area (Å²) in [5, 5.41) is 1.22. The third-order valence-electron chi connectivity index (χ3n) is 7.48. The van der Waals surface area contributed by atoms with Gasteiger partial charge in [-0.3, -0.25) is 9.56 Å². The number of benzene rings is 3. The van der Waals surface area contributed by atoms with Crippen molar-refractivity contribution in [3.05, 3.63) is 105 Å². The summed E-state index contributed by atoms with van der Waals surface area (Å²) in [5.74, 6) is -4.58. The molecule has 0 unspecified atom stereocenters. The lowest BCUT2D eigenvalue weighted by Gasteiger charge is -2.28. The predicted molar refractivity (Wildman–Crippen MR) is 180 cm³/mol. The molecule has 4 N–H and O–H groups in total. The van der Waals surface area contributed by atoms with Gasteiger partial charge in [-0.15, -0.1) is 0 Å². The number of ether oxygens (including phenoxy) is 2. The minimum Gasteiger partial charge on any atom is -0.494 e. The van der Waals surface area contributed by atoms with Gasteiger partial charge in [0.1, 0.15) is 0 Å². The molecule has 4 rings (SSSR count). The maximum Gasteiger partial charge on any atom is 0.491 e. The Morgan fingerprint density at radius 1 is 1.02 bits per heavy atom. The van der Waals surface area contributed by atoms with Crippen molar-refractivity contribution in [3.63, 3.8) is 0 Å². The molecule has 0 bridgehead atoms. The summed E-state index contributed by atoms with van der Waals surface area (Å²) in [5.41, 5.74) is 12.7. The van der Waals surface area contributed by atoms with Crippen LogP contribution in [0.1, 0.15) is 53.0 Å². The fourth-order valence-electron chi connectivity index (χ4n) is 4.89. The fraction of sp³-hybridized carbons (Fsp3) is 0.273. The molecule has 0 fully saturated rings. The second kappa shape index (κ2) is 15.5. The molecule has 0 aliphatic heterocycles. The molecule has 4 aromatic rings. The van der Waals surface area contributed by atoms with Crippen LogP contribution in [-0.2, 0) is 27.1 Å². The van der Waals surface area contributed by atoms with E-state index < -0.39 is 29.3 Å². The second-order valence-electron chi connectivity index (χ2n) is 11.2. The molecule has 16 heteroatoms. The standard InChI is InChI=1S/C33H31Cl2F4N5O4S/c1-32(2,20-8-10-23(34)24(35)14-20)27-16-43-31(44(27)21-9-11-25(36)26(15-21)47-3)49-17-18-6-7-19(5-4-12-42-30(40)41)22(13-18)28(45)48-29(46)33(37,38)39/h6-11,13-16H,4-5,12,17H2,1-3H3,(H4,40,41,42). The number of thioether (sulfide) groups is 1. The summed E-state index contributed by atoms with van der Waals surface area (Å²) >= 11 is 13.8. The average molecular weight is 741 g/mol. The molecule has 1 heterocycles. The number of nitrogens with zero attached hydrogens (tertiary/aromatic N) is 3. The summed E-state index contributed by atoms with van der Waals surface area (Å²) in [7, 11) is 1.35. The van der Waals surface area contributed by atoms with Crippen molar-refractivity contribution < 1.29 is 36.6 Å². The van der Waals surface area contributed by atoms with Gasteiger partial charge in [0, 0.05) is 23.8 Å². The van der Waals surface area contributed by atoms with Gasteiger partial charge in [-0.25, -0.2) is 19.0 Å². The second-order valence-corrected chi connectivity index (χ2v) is 13.0. The average Bonchev–Trinajstić information content (AvgIpc) is 3.48. The van der Waals surface area contributed by atoms with Crippen molar-refractivity contribution in [1.82, 2.24) is 9.55 Å². The molecule has 0 radical (unpaired) electrons. The number of aryl methyl sites for hydroxylation is 1. The molecule has 0 saturated heterocycles. The van der Waals surface area contributed by atoms with E-state index in [4.69, 9.17) is 39.4 Å². The van der Waals surface area contributed by atoms with Crippen LogP contribution in [0.3, 0.4) is 0 Å². The van der Waals surface area contributed by atoms with E-state index in [-0.39, 0.29) is 36.0 Å². The first kappa shape index (κ1) is 37.5. The van der Waals surface area contributed by atoms with E-state index in [0.717, 1.165) is 5.56 Å². The zero-order chi connectivity index (χ0) is 36.1. The number of carbonyl (C=O) groups excluding carboxylic acids is 2. The van der Waals surface area contributed by atoms with E-state index in [2.05, 4.69) is 14.7 Å². The molecule has 0 aliphatic carbocycles. The highest BCUT2D eigenvalue weighted by Crippen LogP contribution is 2.39. The molecular formula is C33H31Cl2F4N5O4S. The number of guanidine groups is 1. The number of methoxy groups -OCH3 is 1. The van der Waals surface area contributed by atoms with Crippen LogP contribution in [0.25, 0.3) is 5.69 Å². The first-order chi connectivity index (χ1) is 23.0. The van der Waals surface area contributed by atoms with Crippen molar-refractivity contribution >= 4 is 52.9 Å². The Labute approximate surface area is 293 Å². The lowest BCUT2D eigenvalue weighted by molar-refractivity contribution is -0.193. The largest absolute Gasteiger partial charge is 0.494 e. The number of halogens is 6. The van der Waals surface area contributed by atoms with Gasteiger partial charge in [0.25, 0.3) is 0 Å². The number of hydrogen-bond donors (Lipinski definition) is 2. The molecule has 3 aromatic carbocycles. The minimum absolute atomic E-state index is 0.00688. The summed E-state index contributed by atoms with van der Waals surface area (Å²) in [6.45, 7) is 4.12. The van der Waals surface area contributed by atoms with E-state index in [1.54, 1.807) is 36.5 Å². The fourth-order valence-corrected chi connectivity index (χ4v) is 6.12. The van der Waals surface area contributed by atoms with E-state index in [9.17, 15) is 27.2 Å². The number of hydrogen-bond acceptors (Lipinski definition) is 7. The van der Waals surface area contributed by atoms with Crippen LogP contribution in [0.15, 0.2) is 70.9 Å². The molecule has 0 aliphatic rings. The summed E-state index contributed by atoms with van der Waals surface area (Å²) in [6, 6.07) is 14.3. The van der Waals surface area contributed by atoms with Gasteiger partial charge >= 0.3 is 18.1 Å². The number of carbonyl (C=O) groups is 2. The number of esters is 2. The third kappa shape index (κ3) is 9.05. The van der Waals surface area contributed by atoms with E-state index in [1.165, 1.54) is 37.1 Å². The van der Waals surface area contributed by atoms with Gasteiger partial charge < -0.3 is 20.9 Å². The van der Waals surface area contributed by atoms with Crippen LogP contribution >= 0.6 is 35.0 Å². The summed E-state index contributed by atoms with van der Waals surface area (Å²) < 4.78 is 64.4. The van der Waals surface area contributed by atoms with Crippen LogP contribution in [0, 0.1) is 5.82 Å². The molecule has 0 spiro atoms. The number of aromatic nitrogens is 2. The number of rotatable bonds is 12. The molecular weight excluding hydrogens is 709 g/mol. The summed E-state index contributed by atoms with van der Waals surface area (Å²) in [6.07, 6.45) is -3.13.